The molecule has 0 aromatic heterocycles. The van der Waals surface area contributed by atoms with Crippen LogP contribution in [0.4, 0.5) is 0 Å². The largest absolute Gasteiger partial charge is 0.481 e. The van der Waals surface area contributed by atoms with Crippen molar-refractivity contribution in [1.82, 2.24) is 0 Å². The molecule has 0 saturated carbocycles. The predicted octanol–water partition coefficient (Wildman–Crippen LogP) is 2.43. The van der Waals surface area contributed by atoms with Gasteiger partial charge in [-0.25, -0.2) is 0 Å². The van der Waals surface area contributed by atoms with Crippen LogP contribution in [-0.4, -0.2) is 26.8 Å². The first-order valence-electron chi connectivity index (χ1n) is 5.66. The van der Waals surface area contributed by atoms with Crippen LogP contribution in [0, 0.1) is 5.92 Å². The van der Waals surface area contributed by atoms with E-state index in [1.807, 2.05) is 0 Å². The lowest BCUT2D eigenvalue weighted by Crippen LogP contribution is -2.14. The van der Waals surface area contributed by atoms with E-state index in [-0.39, 0.29) is 6.42 Å². The van der Waals surface area contributed by atoms with Crippen LogP contribution in [-0.2, 0) is 15.6 Å². The lowest BCUT2D eigenvalue weighted by molar-refractivity contribution is -0.136. The molecular formula is C11H22O3S. The van der Waals surface area contributed by atoms with Gasteiger partial charge in [-0.15, -0.1) is 0 Å². The van der Waals surface area contributed by atoms with Gasteiger partial charge >= 0.3 is 5.97 Å². The van der Waals surface area contributed by atoms with Crippen molar-refractivity contribution in [3.63, 3.8) is 0 Å². The molecule has 4 heteroatoms. The lowest BCUT2D eigenvalue weighted by atomic mass is 10.0. The molecule has 0 heterocycles. The van der Waals surface area contributed by atoms with Crippen molar-refractivity contribution in [2.24, 2.45) is 5.92 Å². The van der Waals surface area contributed by atoms with Crippen molar-refractivity contribution < 1.29 is 14.1 Å². The minimum atomic E-state index is -0.955. The molecule has 90 valence electrons. The summed E-state index contributed by atoms with van der Waals surface area (Å²) >= 11 is 0. The maximum absolute atomic E-state index is 11.5. The predicted molar refractivity (Wildman–Crippen MR) is 63.4 cm³/mol. The molecule has 0 aliphatic heterocycles. The van der Waals surface area contributed by atoms with Crippen LogP contribution in [0.25, 0.3) is 0 Å². The average Bonchev–Trinajstić information content (AvgIpc) is 2.21. The molecule has 0 aromatic rings. The Kier molecular flexibility index (Phi) is 8.67. The van der Waals surface area contributed by atoms with E-state index >= 15 is 0 Å². The first-order chi connectivity index (χ1) is 7.10. The Morgan fingerprint density at radius 1 is 1.40 bits per heavy atom. The topological polar surface area (TPSA) is 54.4 Å². The quantitative estimate of drug-likeness (QED) is 0.666. The van der Waals surface area contributed by atoms with Crippen molar-refractivity contribution in [2.45, 2.75) is 46.0 Å². The molecule has 0 bridgehead atoms. The summed E-state index contributed by atoms with van der Waals surface area (Å²) in [6.07, 6.45) is 4.52. The maximum atomic E-state index is 11.5. The van der Waals surface area contributed by atoms with E-state index in [0.717, 1.165) is 19.3 Å². The van der Waals surface area contributed by atoms with E-state index in [1.165, 1.54) is 6.42 Å². The summed E-state index contributed by atoms with van der Waals surface area (Å²) < 4.78 is 11.5. The van der Waals surface area contributed by atoms with E-state index < -0.39 is 16.8 Å². The number of carboxylic acid groups (broad SMARTS) is 1. The van der Waals surface area contributed by atoms with Gasteiger partial charge in [-0.3, -0.25) is 9.00 Å². The smallest absolute Gasteiger partial charge is 0.304 e. The molecule has 3 nitrogen and oxygen atoms in total. The highest BCUT2D eigenvalue weighted by molar-refractivity contribution is 7.85. The highest BCUT2D eigenvalue weighted by Gasteiger charge is 2.11. The molecule has 0 amide bonds. The summed E-state index contributed by atoms with van der Waals surface area (Å²) in [6, 6.07) is 0. The molecule has 0 radical (unpaired) electrons. The van der Waals surface area contributed by atoms with Crippen molar-refractivity contribution in [1.29, 1.82) is 0 Å². The Bertz CT molecular complexity index is 204. The third-order valence-electron chi connectivity index (χ3n) is 2.51. The Morgan fingerprint density at radius 2 is 2.07 bits per heavy atom. The molecule has 0 rings (SSSR count). The third kappa shape index (κ3) is 8.60. The summed E-state index contributed by atoms with van der Waals surface area (Å²) in [5, 5.41) is 8.46. The highest BCUT2D eigenvalue weighted by Crippen LogP contribution is 2.14. The van der Waals surface area contributed by atoms with Crippen molar-refractivity contribution in [2.75, 3.05) is 11.5 Å². The number of carbonyl (C=O) groups is 1. The van der Waals surface area contributed by atoms with Crippen molar-refractivity contribution >= 4 is 16.8 Å². The Hall–Kier alpha value is -0.380. The molecule has 0 spiro atoms. The van der Waals surface area contributed by atoms with E-state index in [2.05, 4.69) is 13.8 Å². The van der Waals surface area contributed by atoms with Crippen molar-refractivity contribution in [3.8, 4) is 0 Å². The summed E-state index contributed by atoms with van der Waals surface area (Å²) in [6.45, 7) is 4.25. The standard InChI is InChI=1S/C11H22O3S/c1-3-5-6-10(4-2)9-15(14)8-7-11(12)13/h10H,3-9H2,1-2H3,(H,12,13). The molecule has 2 unspecified atom stereocenters. The van der Waals surface area contributed by atoms with Gasteiger partial charge in [0.05, 0.1) is 6.42 Å². The zero-order chi connectivity index (χ0) is 11.7. The van der Waals surface area contributed by atoms with Crippen LogP contribution in [0.5, 0.6) is 0 Å². The highest BCUT2D eigenvalue weighted by atomic mass is 32.2. The molecular weight excluding hydrogens is 212 g/mol. The minimum Gasteiger partial charge on any atom is -0.481 e. The van der Waals surface area contributed by atoms with E-state index in [4.69, 9.17) is 5.11 Å². The van der Waals surface area contributed by atoms with Gasteiger partial charge in [0.15, 0.2) is 0 Å². The second-order valence-corrected chi connectivity index (χ2v) is 5.49. The molecule has 0 aliphatic carbocycles. The van der Waals surface area contributed by atoms with Gasteiger partial charge in [-0.1, -0.05) is 33.1 Å². The van der Waals surface area contributed by atoms with Gasteiger partial charge < -0.3 is 5.11 Å². The van der Waals surface area contributed by atoms with Gasteiger partial charge in [0.1, 0.15) is 0 Å². The molecule has 0 aliphatic rings. The average molecular weight is 234 g/mol. The van der Waals surface area contributed by atoms with Crippen LogP contribution < -0.4 is 0 Å². The van der Waals surface area contributed by atoms with Crippen LogP contribution >= 0.6 is 0 Å². The van der Waals surface area contributed by atoms with Crippen LogP contribution in [0.2, 0.25) is 0 Å². The second-order valence-electron chi connectivity index (χ2n) is 3.87. The van der Waals surface area contributed by atoms with Crippen LogP contribution in [0.15, 0.2) is 0 Å². The fourth-order valence-electron chi connectivity index (χ4n) is 1.45. The number of rotatable bonds is 9. The molecule has 15 heavy (non-hydrogen) atoms. The van der Waals surface area contributed by atoms with E-state index in [1.54, 1.807) is 0 Å². The molecule has 0 fully saturated rings. The number of hydrogen-bond donors (Lipinski definition) is 1. The Balaban J connectivity index is 3.74. The first-order valence-corrected chi connectivity index (χ1v) is 7.15. The fraction of sp³-hybridized carbons (Fsp3) is 0.909. The number of hydrogen-bond acceptors (Lipinski definition) is 2. The van der Waals surface area contributed by atoms with Crippen LogP contribution in [0.1, 0.15) is 46.0 Å². The van der Waals surface area contributed by atoms with Crippen molar-refractivity contribution in [3.05, 3.63) is 0 Å². The summed E-state index contributed by atoms with van der Waals surface area (Å²) in [7, 11) is -0.955. The van der Waals surface area contributed by atoms with E-state index in [9.17, 15) is 9.00 Å². The van der Waals surface area contributed by atoms with E-state index in [0.29, 0.717) is 17.4 Å². The Labute approximate surface area is 94.7 Å². The normalized spacial score (nSPS) is 14.8. The number of unbranched alkanes of at least 4 members (excludes halogenated alkanes) is 1. The monoisotopic (exact) mass is 234 g/mol. The number of carboxylic acids is 1. The van der Waals surface area contributed by atoms with Gasteiger partial charge in [0.25, 0.3) is 0 Å². The summed E-state index contributed by atoms with van der Waals surface area (Å²) in [5.41, 5.74) is 0. The van der Waals surface area contributed by atoms with Gasteiger partial charge in [-0.05, 0) is 12.3 Å². The minimum absolute atomic E-state index is 0.0246. The lowest BCUT2D eigenvalue weighted by Gasteiger charge is -2.13. The zero-order valence-electron chi connectivity index (χ0n) is 9.70. The summed E-state index contributed by atoms with van der Waals surface area (Å²) in [5.74, 6) is 0.617. The van der Waals surface area contributed by atoms with Gasteiger partial charge in [-0.2, -0.15) is 0 Å². The SMILES string of the molecule is CCCCC(CC)CS(=O)CCC(=O)O. The first kappa shape index (κ1) is 14.6. The molecule has 0 saturated heterocycles. The number of aliphatic carboxylic acids is 1. The Morgan fingerprint density at radius 3 is 2.53 bits per heavy atom. The van der Waals surface area contributed by atoms with Crippen LogP contribution in [0.3, 0.4) is 0 Å². The van der Waals surface area contributed by atoms with Gasteiger partial charge in [0, 0.05) is 22.3 Å². The fourth-order valence-corrected chi connectivity index (χ4v) is 2.94. The summed E-state index contributed by atoms with van der Waals surface area (Å²) in [4.78, 5) is 10.3. The molecule has 1 N–H and O–H groups in total. The zero-order valence-corrected chi connectivity index (χ0v) is 10.5. The maximum Gasteiger partial charge on any atom is 0.304 e. The van der Waals surface area contributed by atoms with Gasteiger partial charge in [0.2, 0.25) is 0 Å². The molecule has 2 atom stereocenters. The third-order valence-corrected chi connectivity index (χ3v) is 4.01. The molecule has 0 aromatic carbocycles. The second kappa shape index (κ2) is 8.89.